The summed E-state index contributed by atoms with van der Waals surface area (Å²) < 4.78 is 0. The van der Waals surface area contributed by atoms with Gasteiger partial charge in [0.2, 0.25) is 0 Å². The third kappa shape index (κ3) is 1.18. The molecule has 12 heavy (non-hydrogen) atoms. The first-order valence-corrected chi connectivity index (χ1v) is 5.70. The van der Waals surface area contributed by atoms with E-state index in [0.29, 0.717) is 15.0 Å². The Kier molecular flexibility index (Phi) is 1.99. The average Bonchev–Trinajstić information content (AvgIpc) is 2.17. The zero-order chi connectivity index (χ0) is 8.39. The molecular formula is C10H7NSe. The van der Waals surface area contributed by atoms with Crippen molar-refractivity contribution in [3.8, 4) is 6.07 Å². The van der Waals surface area contributed by atoms with Gasteiger partial charge >= 0.3 is 77.5 Å². The van der Waals surface area contributed by atoms with E-state index in [1.807, 2.05) is 12.1 Å². The molecule has 58 valence electrons. The van der Waals surface area contributed by atoms with Gasteiger partial charge in [0.15, 0.2) is 0 Å². The molecule has 1 unspecified atom stereocenters. The van der Waals surface area contributed by atoms with Gasteiger partial charge in [0.25, 0.3) is 0 Å². The molecular weight excluding hydrogens is 213 g/mol. The molecule has 1 aromatic rings. The van der Waals surface area contributed by atoms with Crippen LogP contribution < -0.4 is 0 Å². The minimum absolute atomic E-state index is 0.124. The molecule has 0 bridgehead atoms. The quantitative estimate of drug-likeness (QED) is 0.613. The van der Waals surface area contributed by atoms with Gasteiger partial charge in [-0.15, -0.1) is 0 Å². The van der Waals surface area contributed by atoms with Crippen molar-refractivity contribution < 1.29 is 0 Å². The first-order chi connectivity index (χ1) is 5.92. The normalized spacial score (nSPS) is 19.8. The van der Waals surface area contributed by atoms with E-state index in [-0.39, 0.29) is 4.82 Å². The number of benzene rings is 1. The topological polar surface area (TPSA) is 23.8 Å². The van der Waals surface area contributed by atoms with Crippen molar-refractivity contribution in [1.82, 2.24) is 0 Å². The van der Waals surface area contributed by atoms with Gasteiger partial charge in [-0.25, -0.2) is 0 Å². The molecule has 0 fully saturated rings. The molecule has 1 aromatic carbocycles. The van der Waals surface area contributed by atoms with E-state index >= 15 is 0 Å². The fourth-order valence-corrected chi connectivity index (χ4v) is 2.95. The first kappa shape index (κ1) is 7.61. The molecule has 1 aliphatic rings. The number of nitriles is 1. The van der Waals surface area contributed by atoms with Crippen LogP contribution in [0.25, 0.3) is 6.08 Å². The van der Waals surface area contributed by atoms with Crippen LogP contribution in [-0.4, -0.2) is 15.0 Å². The van der Waals surface area contributed by atoms with Gasteiger partial charge < -0.3 is 0 Å². The fraction of sp³-hybridized carbons (Fsp3) is 0.100. The van der Waals surface area contributed by atoms with Crippen LogP contribution in [0.3, 0.4) is 0 Å². The molecule has 1 atom stereocenters. The Balaban J connectivity index is 2.54. The minimum atomic E-state index is 0.124. The maximum atomic E-state index is 8.87. The molecule has 1 nitrogen and oxygen atoms in total. The second-order valence-electron chi connectivity index (χ2n) is 2.58. The van der Waals surface area contributed by atoms with Crippen molar-refractivity contribution in [2.24, 2.45) is 0 Å². The van der Waals surface area contributed by atoms with E-state index in [4.69, 9.17) is 5.26 Å². The van der Waals surface area contributed by atoms with E-state index in [2.05, 4.69) is 29.3 Å². The van der Waals surface area contributed by atoms with Crippen molar-refractivity contribution in [2.45, 2.75) is 4.82 Å². The molecule has 1 heterocycles. The fourth-order valence-electron chi connectivity index (χ4n) is 1.27. The molecule has 0 aliphatic carbocycles. The Morgan fingerprint density at radius 1 is 1.33 bits per heavy atom. The number of fused-ring (bicyclic) bond motifs is 1. The van der Waals surface area contributed by atoms with Crippen molar-refractivity contribution >= 4 is 21.0 Å². The van der Waals surface area contributed by atoms with Crippen LogP contribution in [0.2, 0.25) is 0 Å². The average molecular weight is 220 g/mol. The van der Waals surface area contributed by atoms with Crippen LogP contribution in [0, 0.1) is 11.3 Å². The van der Waals surface area contributed by atoms with Crippen LogP contribution in [0.5, 0.6) is 0 Å². The summed E-state index contributed by atoms with van der Waals surface area (Å²) in [5, 5.41) is 8.87. The summed E-state index contributed by atoms with van der Waals surface area (Å²) in [4.78, 5) is 2.25. The first-order valence-electron chi connectivity index (χ1n) is 3.72. The van der Waals surface area contributed by atoms with Gasteiger partial charge in [0, 0.05) is 0 Å². The molecule has 0 N–H and O–H groups in total. The SMILES string of the molecule is N#CC1[Se]C=Cc2ccccc21. The summed E-state index contributed by atoms with van der Waals surface area (Å²) in [6.45, 7) is 0. The second-order valence-corrected chi connectivity index (χ2v) is 4.71. The third-order valence-corrected chi connectivity index (χ3v) is 3.80. The van der Waals surface area contributed by atoms with Crippen LogP contribution in [0.1, 0.15) is 15.9 Å². The number of hydrogen-bond donors (Lipinski definition) is 0. The van der Waals surface area contributed by atoms with Gasteiger partial charge in [-0.2, -0.15) is 0 Å². The molecule has 2 rings (SSSR count). The molecule has 0 aromatic heterocycles. The molecule has 1 aliphatic heterocycles. The van der Waals surface area contributed by atoms with Crippen molar-refractivity contribution in [2.75, 3.05) is 0 Å². The summed E-state index contributed by atoms with van der Waals surface area (Å²) in [5.41, 5.74) is 2.40. The summed E-state index contributed by atoms with van der Waals surface area (Å²) in [6, 6.07) is 10.5. The number of hydrogen-bond acceptors (Lipinski definition) is 1. The van der Waals surface area contributed by atoms with Crippen LogP contribution in [0.15, 0.2) is 29.2 Å². The van der Waals surface area contributed by atoms with Gasteiger partial charge in [-0.05, 0) is 0 Å². The predicted octanol–water partition coefficient (Wildman–Crippen LogP) is 1.94. The van der Waals surface area contributed by atoms with Crippen LogP contribution in [-0.2, 0) is 0 Å². The zero-order valence-electron chi connectivity index (χ0n) is 6.40. The molecule has 0 spiro atoms. The summed E-state index contributed by atoms with van der Waals surface area (Å²) >= 11 is 0.323. The Morgan fingerprint density at radius 2 is 2.17 bits per heavy atom. The van der Waals surface area contributed by atoms with E-state index in [9.17, 15) is 0 Å². The van der Waals surface area contributed by atoms with Crippen molar-refractivity contribution in [3.05, 3.63) is 40.4 Å². The van der Waals surface area contributed by atoms with E-state index in [0.717, 1.165) is 0 Å². The third-order valence-electron chi connectivity index (χ3n) is 1.86. The number of nitrogens with zero attached hydrogens (tertiary/aromatic N) is 1. The molecule has 0 amide bonds. The Hall–Kier alpha value is -1.03. The van der Waals surface area contributed by atoms with E-state index in [1.54, 1.807) is 0 Å². The van der Waals surface area contributed by atoms with Crippen molar-refractivity contribution in [1.29, 1.82) is 5.26 Å². The summed E-state index contributed by atoms with van der Waals surface area (Å²) in [7, 11) is 0. The van der Waals surface area contributed by atoms with E-state index < -0.39 is 0 Å². The van der Waals surface area contributed by atoms with Crippen LogP contribution in [0.4, 0.5) is 0 Å². The number of rotatable bonds is 0. The predicted molar refractivity (Wildman–Crippen MR) is 49.6 cm³/mol. The van der Waals surface area contributed by atoms with Gasteiger partial charge in [0.05, 0.1) is 0 Å². The van der Waals surface area contributed by atoms with Crippen molar-refractivity contribution in [3.63, 3.8) is 0 Å². The Bertz CT molecular complexity index is 362. The van der Waals surface area contributed by atoms with E-state index in [1.165, 1.54) is 11.1 Å². The summed E-state index contributed by atoms with van der Waals surface area (Å²) in [5.74, 6) is 0. The van der Waals surface area contributed by atoms with Gasteiger partial charge in [-0.3, -0.25) is 0 Å². The summed E-state index contributed by atoms with van der Waals surface area (Å²) in [6.07, 6.45) is 2.11. The Morgan fingerprint density at radius 3 is 3.00 bits per heavy atom. The van der Waals surface area contributed by atoms with Gasteiger partial charge in [-0.1, -0.05) is 0 Å². The molecule has 0 saturated heterocycles. The zero-order valence-corrected chi connectivity index (χ0v) is 8.11. The maximum absolute atomic E-state index is 8.87. The molecule has 2 heteroatoms. The second kappa shape index (κ2) is 3.15. The monoisotopic (exact) mass is 221 g/mol. The standard InChI is InChI=1S/C10H7NSe/c11-7-10-9-4-2-1-3-8(9)5-6-12-10/h1-6,10H. The molecule has 0 saturated carbocycles. The molecule has 0 radical (unpaired) electrons. The van der Waals surface area contributed by atoms with Crippen LogP contribution >= 0.6 is 0 Å². The Labute approximate surface area is 77.9 Å². The van der Waals surface area contributed by atoms with Gasteiger partial charge in [0.1, 0.15) is 0 Å².